The van der Waals surface area contributed by atoms with Crippen LogP contribution in [0.5, 0.6) is 11.5 Å². The molecule has 1 aliphatic heterocycles. The number of nitrogens with zero attached hydrogens (tertiary/aromatic N) is 2. The highest BCUT2D eigenvalue weighted by Crippen LogP contribution is 2.37. The van der Waals surface area contributed by atoms with E-state index in [-0.39, 0.29) is 17.2 Å². The van der Waals surface area contributed by atoms with Gasteiger partial charge in [-0.2, -0.15) is 0 Å². The van der Waals surface area contributed by atoms with Crippen LogP contribution >= 0.6 is 0 Å². The molecule has 0 fully saturated rings. The van der Waals surface area contributed by atoms with E-state index >= 15 is 0 Å². The van der Waals surface area contributed by atoms with Crippen molar-refractivity contribution in [1.29, 1.82) is 0 Å². The molecule has 0 saturated carbocycles. The van der Waals surface area contributed by atoms with Gasteiger partial charge in [0.15, 0.2) is 11.5 Å². The molecule has 1 N–H and O–H groups in total. The van der Waals surface area contributed by atoms with Crippen LogP contribution in [-0.2, 0) is 18.5 Å². The van der Waals surface area contributed by atoms with E-state index < -0.39 is 0 Å². The van der Waals surface area contributed by atoms with Crippen molar-refractivity contribution in [3.05, 3.63) is 83.2 Å². The Morgan fingerprint density at radius 1 is 1.03 bits per heavy atom. The maximum absolute atomic E-state index is 10.4. The predicted molar refractivity (Wildman–Crippen MR) is 121 cm³/mol. The summed E-state index contributed by atoms with van der Waals surface area (Å²) in [6, 6.07) is 19.2. The third-order valence-corrected chi connectivity index (χ3v) is 6.08. The summed E-state index contributed by atoms with van der Waals surface area (Å²) >= 11 is 0. The number of aromatic hydroxyl groups is 1. The van der Waals surface area contributed by atoms with E-state index in [1.807, 2.05) is 12.1 Å². The molecule has 30 heavy (non-hydrogen) atoms. The topological polar surface area (TPSA) is 37.6 Å². The van der Waals surface area contributed by atoms with Gasteiger partial charge in [0.05, 0.1) is 13.2 Å². The minimum Gasteiger partial charge on any atom is -0.504 e. The quantitative estimate of drug-likeness (QED) is 0.624. The van der Waals surface area contributed by atoms with E-state index in [1.165, 1.54) is 16.8 Å². The molecule has 0 radical (unpaired) electrons. The zero-order valence-electron chi connectivity index (χ0n) is 18.4. The summed E-state index contributed by atoms with van der Waals surface area (Å²) in [5.74, 6) is 0.693. The number of aryl methyl sites for hydroxylation is 1. The highest BCUT2D eigenvalue weighted by Gasteiger charge is 2.28. The number of aromatic nitrogens is 1. The summed E-state index contributed by atoms with van der Waals surface area (Å²) in [5.41, 5.74) is 5.17. The van der Waals surface area contributed by atoms with Crippen LogP contribution in [0.4, 0.5) is 0 Å². The van der Waals surface area contributed by atoms with Crippen LogP contribution in [0.25, 0.3) is 0 Å². The summed E-state index contributed by atoms with van der Waals surface area (Å²) < 4.78 is 7.60. The first kappa shape index (κ1) is 20.5. The van der Waals surface area contributed by atoms with Crippen molar-refractivity contribution in [2.45, 2.75) is 51.7 Å². The van der Waals surface area contributed by atoms with Gasteiger partial charge in [-0.05, 0) is 52.8 Å². The van der Waals surface area contributed by atoms with Gasteiger partial charge in [0, 0.05) is 31.5 Å². The van der Waals surface area contributed by atoms with Gasteiger partial charge in [0.1, 0.15) is 0 Å². The lowest BCUT2D eigenvalue weighted by molar-refractivity contribution is 0.220. The zero-order valence-corrected chi connectivity index (χ0v) is 18.4. The Morgan fingerprint density at radius 3 is 2.47 bits per heavy atom. The number of hydrogen-bond donors (Lipinski definition) is 1. The molecule has 158 valence electrons. The monoisotopic (exact) mass is 404 g/mol. The van der Waals surface area contributed by atoms with Gasteiger partial charge < -0.3 is 14.4 Å². The van der Waals surface area contributed by atoms with Crippen LogP contribution in [-0.4, -0.2) is 28.2 Å². The molecule has 3 aromatic rings. The largest absolute Gasteiger partial charge is 0.504 e. The second kappa shape index (κ2) is 8.19. The van der Waals surface area contributed by atoms with E-state index in [1.54, 1.807) is 7.11 Å². The Bertz CT molecular complexity index is 999. The molecule has 1 aromatic heterocycles. The molecule has 0 amide bonds. The van der Waals surface area contributed by atoms with Crippen LogP contribution in [0.15, 0.2) is 60.8 Å². The Labute approximate surface area is 179 Å². The normalized spacial score (nSPS) is 17.4. The average Bonchev–Trinajstić information content (AvgIpc) is 3.09. The summed E-state index contributed by atoms with van der Waals surface area (Å²) in [5, 5.41) is 10.4. The van der Waals surface area contributed by atoms with Crippen molar-refractivity contribution >= 4 is 0 Å². The maximum atomic E-state index is 10.4. The minimum atomic E-state index is 0.0848. The Morgan fingerprint density at radius 2 is 1.80 bits per heavy atom. The fraction of sp³-hybridized carbons (Fsp3) is 0.385. The molecular formula is C26H32N2O2. The van der Waals surface area contributed by atoms with Crippen LogP contribution in [0.3, 0.4) is 0 Å². The number of benzene rings is 2. The molecule has 4 heteroatoms. The fourth-order valence-electron chi connectivity index (χ4n) is 4.41. The third kappa shape index (κ3) is 4.10. The second-order valence-electron chi connectivity index (χ2n) is 9.23. The highest BCUT2D eigenvalue weighted by atomic mass is 16.5. The summed E-state index contributed by atoms with van der Waals surface area (Å²) in [7, 11) is 1.58. The van der Waals surface area contributed by atoms with Gasteiger partial charge in [-0.3, -0.25) is 4.90 Å². The van der Waals surface area contributed by atoms with Crippen molar-refractivity contribution in [3.63, 3.8) is 0 Å². The van der Waals surface area contributed by atoms with E-state index in [2.05, 4.69) is 78.9 Å². The van der Waals surface area contributed by atoms with E-state index in [0.29, 0.717) is 5.75 Å². The number of methoxy groups -OCH3 is 1. The van der Waals surface area contributed by atoms with Crippen molar-refractivity contribution < 1.29 is 9.84 Å². The van der Waals surface area contributed by atoms with Crippen LogP contribution in [0.2, 0.25) is 0 Å². The molecule has 2 aromatic carbocycles. The number of hydrogen-bond acceptors (Lipinski definition) is 3. The SMILES string of the molecule is COc1ccc(C2c3cccn3CCCN2Cc2ccc(C(C)(C)C)cc2)cc1O. The molecule has 4 rings (SSSR count). The standard InChI is InChI=1S/C26H32N2O2/c1-26(2,3)21-11-8-19(9-12-21)18-28-16-6-15-27-14-5-7-22(27)25(28)20-10-13-24(30-4)23(29)17-20/h5,7-14,17,25,29H,6,15-16,18H2,1-4H3. The highest BCUT2D eigenvalue weighted by molar-refractivity contribution is 5.44. The maximum Gasteiger partial charge on any atom is 0.160 e. The number of phenolic OH excluding ortho intramolecular Hbond substituents is 1. The average molecular weight is 405 g/mol. The fourth-order valence-corrected chi connectivity index (χ4v) is 4.41. The third-order valence-electron chi connectivity index (χ3n) is 6.08. The van der Waals surface area contributed by atoms with Gasteiger partial charge in [-0.15, -0.1) is 0 Å². The van der Waals surface area contributed by atoms with E-state index in [4.69, 9.17) is 4.74 Å². The molecule has 1 unspecified atom stereocenters. The van der Waals surface area contributed by atoms with Gasteiger partial charge in [-0.25, -0.2) is 0 Å². The van der Waals surface area contributed by atoms with E-state index in [9.17, 15) is 5.11 Å². The Kier molecular flexibility index (Phi) is 5.61. The molecule has 0 saturated heterocycles. The number of ether oxygens (including phenoxy) is 1. The molecule has 4 nitrogen and oxygen atoms in total. The number of rotatable bonds is 4. The molecule has 0 spiro atoms. The van der Waals surface area contributed by atoms with Crippen molar-refractivity contribution in [2.75, 3.05) is 13.7 Å². The van der Waals surface area contributed by atoms with Crippen LogP contribution < -0.4 is 4.74 Å². The van der Waals surface area contributed by atoms with Gasteiger partial charge >= 0.3 is 0 Å². The summed E-state index contributed by atoms with van der Waals surface area (Å²) in [4.78, 5) is 2.52. The van der Waals surface area contributed by atoms with Crippen molar-refractivity contribution in [2.24, 2.45) is 0 Å². The molecule has 0 bridgehead atoms. The zero-order chi connectivity index (χ0) is 21.3. The molecule has 2 heterocycles. The Balaban J connectivity index is 1.69. The lowest BCUT2D eigenvalue weighted by Gasteiger charge is -2.31. The number of fused-ring (bicyclic) bond motifs is 1. The summed E-state index contributed by atoms with van der Waals surface area (Å²) in [6.07, 6.45) is 3.26. The first-order valence-corrected chi connectivity index (χ1v) is 10.7. The van der Waals surface area contributed by atoms with Gasteiger partial charge in [-0.1, -0.05) is 51.1 Å². The van der Waals surface area contributed by atoms with Crippen LogP contribution in [0, 0.1) is 0 Å². The first-order chi connectivity index (χ1) is 14.4. The second-order valence-corrected chi connectivity index (χ2v) is 9.23. The smallest absolute Gasteiger partial charge is 0.160 e. The lowest BCUT2D eigenvalue weighted by atomic mass is 9.86. The van der Waals surface area contributed by atoms with E-state index in [0.717, 1.165) is 31.6 Å². The first-order valence-electron chi connectivity index (χ1n) is 10.7. The summed E-state index contributed by atoms with van der Waals surface area (Å²) in [6.45, 7) is 9.62. The van der Waals surface area contributed by atoms with Crippen molar-refractivity contribution in [3.8, 4) is 11.5 Å². The predicted octanol–water partition coefficient (Wildman–Crippen LogP) is 5.50. The Hall–Kier alpha value is -2.72. The van der Waals surface area contributed by atoms with Crippen LogP contribution in [0.1, 0.15) is 55.6 Å². The molecule has 1 aliphatic rings. The molecular weight excluding hydrogens is 372 g/mol. The molecule has 1 atom stereocenters. The minimum absolute atomic E-state index is 0.0848. The molecule has 0 aliphatic carbocycles. The lowest BCUT2D eigenvalue weighted by Crippen LogP contribution is -2.29. The van der Waals surface area contributed by atoms with Gasteiger partial charge in [0.2, 0.25) is 0 Å². The van der Waals surface area contributed by atoms with Crippen molar-refractivity contribution in [1.82, 2.24) is 9.47 Å². The number of phenols is 1. The van der Waals surface area contributed by atoms with Gasteiger partial charge in [0.25, 0.3) is 0 Å².